The van der Waals surface area contributed by atoms with E-state index in [9.17, 15) is 17.6 Å². The molecule has 0 bridgehead atoms. The number of rotatable bonds is 2. The van der Waals surface area contributed by atoms with Crippen LogP contribution in [0, 0.1) is 0 Å². The summed E-state index contributed by atoms with van der Waals surface area (Å²) in [5.41, 5.74) is -0.211. The van der Waals surface area contributed by atoms with Gasteiger partial charge in [-0.05, 0) is 6.07 Å². The maximum atomic E-state index is 12.1. The summed E-state index contributed by atoms with van der Waals surface area (Å²) in [4.78, 5) is 3.24. The summed E-state index contributed by atoms with van der Waals surface area (Å²) in [5, 5.41) is -0.0631. The van der Waals surface area contributed by atoms with Crippen LogP contribution in [0.5, 0.6) is 5.88 Å². The van der Waals surface area contributed by atoms with Gasteiger partial charge in [0.1, 0.15) is 6.67 Å². The van der Waals surface area contributed by atoms with Crippen molar-refractivity contribution >= 4 is 11.6 Å². The summed E-state index contributed by atoms with van der Waals surface area (Å²) in [5.74, 6) is -0.766. The molecule has 1 heterocycles. The summed E-state index contributed by atoms with van der Waals surface area (Å²) < 4.78 is 50.7. The first-order valence-corrected chi connectivity index (χ1v) is 3.76. The maximum absolute atomic E-state index is 12.1. The van der Waals surface area contributed by atoms with Gasteiger partial charge in [0.25, 0.3) is 0 Å². The maximum Gasteiger partial charge on any atom is 0.574 e. The molecule has 0 radical (unpaired) electrons. The van der Waals surface area contributed by atoms with Crippen molar-refractivity contribution in [2.24, 2.45) is 0 Å². The zero-order valence-corrected chi connectivity index (χ0v) is 7.36. The fourth-order valence-corrected chi connectivity index (χ4v) is 0.983. The van der Waals surface area contributed by atoms with Gasteiger partial charge in [0, 0.05) is 11.1 Å². The van der Waals surface area contributed by atoms with Gasteiger partial charge in [-0.15, -0.1) is 13.2 Å². The lowest BCUT2D eigenvalue weighted by Crippen LogP contribution is -2.18. The van der Waals surface area contributed by atoms with Gasteiger partial charge in [-0.1, -0.05) is 11.6 Å². The van der Waals surface area contributed by atoms with Crippen molar-refractivity contribution in [2.75, 3.05) is 0 Å². The predicted octanol–water partition coefficient (Wildman–Crippen LogP) is 3.10. The van der Waals surface area contributed by atoms with Gasteiger partial charge < -0.3 is 4.74 Å². The van der Waals surface area contributed by atoms with Crippen molar-refractivity contribution < 1.29 is 22.3 Å². The lowest BCUT2D eigenvalue weighted by molar-refractivity contribution is -0.276. The zero-order valence-electron chi connectivity index (χ0n) is 6.61. The van der Waals surface area contributed by atoms with E-state index >= 15 is 0 Å². The first kappa shape index (κ1) is 11.0. The Bertz CT molecular complexity index is 328. The second-order valence-corrected chi connectivity index (χ2v) is 2.73. The van der Waals surface area contributed by atoms with Gasteiger partial charge in [0.15, 0.2) is 0 Å². The van der Waals surface area contributed by atoms with Gasteiger partial charge >= 0.3 is 6.36 Å². The zero-order chi connectivity index (χ0) is 10.8. The van der Waals surface area contributed by atoms with E-state index < -0.39 is 18.9 Å². The number of ether oxygens (including phenoxy) is 1. The highest BCUT2D eigenvalue weighted by Crippen LogP contribution is 2.24. The molecule has 0 atom stereocenters. The highest BCUT2D eigenvalue weighted by molar-refractivity contribution is 6.30. The topological polar surface area (TPSA) is 22.1 Å². The number of alkyl halides is 4. The predicted molar refractivity (Wildman–Crippen MR) is 40.7 cm³/mol. The molecule has 0 aliphatic carbocycles. The summed E-state index contributed by atoms with van der Waals surface area (Å²) in [6.07, 6.45) is -4.86. The molecule has 14 heavy (non-hydrogen) atoms. The Morgan fingerprint density at radius 1 is 1.36 bits per heavy atom. The van der Waals surface area contributed by atoms with Gasteiger partial charge in [-0.25, -0.2) is 9.37 Å². The Balaban J connectivity index is 2.92. The van der Waals surface area contributed by atoms with Gasteiger partial charge in [0.05, 0.1) is 5.69 Å². The van der Waals surface area contributed by atoms with Crippen molar-refractivity contribution in [2.45, 2.75) is 13.0 Å². The third kappa shape index (κ3) is 3.37. The second-order valence-electron chi connectivity index (χ2n) is 2.30. The van der Waals surface area contributed by atoms with E-state index in [0.29, 0.717) is 0 Å². The van der Waals surface area contributed by atoms with Gasteiger partial charge in [0.2, 0.25) is 5.88 Å². The molecule has 0 fully saturated rings. The molecule has 0 saturated heterocycles. The van der Waals surface area contributed by atoms with E-state index in [-0.39, 0.29) is 10.7 Å². The Morgan fingerprint density at radius 3 is 2.50 bits per heavy atom. The Hall–Kier alpha value is -1.04. The van der Waals surface area contributed by atoms with Gasteiger partial charge in [-0.2, -0.15) is 0 Å². The average molecular weight is 230 g/mol. The second kappa shape index (κ2) is 4.00. The molecule has 0 aliphatic heterocycles. The minimum absolute atomic E-state index is 0.0631. The minimum Gasteiger partial charge on any atom is -0.388 e. The molecular weight excluding hydrogens is 226 g/mol. The summed E-state index contributed by atoms with van der Waals surface area (Å²) in [6.45, 7) is -1.01. The van der Waals surface area contributed by atoms with E-state index in [0.717, 1.165) is 12.1 Å². The van der Waals surface area contributed by atoms with Crippen LogP contribution < -0.4 is 4.74 Å². The average Bonchev–Trinajstić information content (AvgIpc) is 1.99. The fraction of sp³-hybridized carbons (Fsp3) is 0.286. The summed E-state index contributed by atoms with van der Waals surface area (Å²) >= 11 is 5.40. The lowest BCUT2D eigenvalue weighted by atomic mass is 10.4. The molecule has 0 amide bonds. The standard InChI is InChI=1S/C7H4ClF4NO/c8-4-1-5(3-9)13-6(2-4)14-7(10,11)12/h1-2H,3H2. The number of halogens is 5. The summed E-state index contributed by atoms with van der Waals surface area (Å²) in [6, 6.07) is 1.97. The molecule has 1 aromatic rings. The molecule has 0 spiro atoms. The highest BCUT2D eigenvalue weighted by atomic mass is 35.5. The monoisotopic (exact) mass is 229 g/mol. The third-order valence-corrected chi connectivity index (χ3v) is 1.40. The van der Waals surface area contributed by atoms with Crippen molar-refractivity contribution in [3.05, 3.63) is 22.8 Å². The first-order valence-electron chi connectivity index (χ1n) is 3.39. The first-order chi connectivity index (χ1) is 6.40. The van der Waals surface area contributed by atoms with Crippen LogP contribution in [0.4, 0.5) is 17.6 Å². The molecule has 0 aliphatic rings. The van der Waals surface area contributed by atoms with Crippen LogP contribution in [-0.2, 0) is 6.67 Å². The van der Waals surface area contributed by atoms with Crippen LogP contribution in [0.25, 0.3) is 0 Å². The van der Waals surface area contributed by atoms with Crippen molar-refractivity contribution in [3.63, 3.8) is 0 Å². The van der Waals surface area contributed by atoms with Crippen LogP contribution in [0.15, 0.2) is 12.1 Å². The number of nitrogens with zero attached hydrogens (tertiary/aromatic N) is 1. The Labute approximate surface area is 81.5 Å². The molecule has 0 unspecified atom stereocenters. The molecular formula is C7H4ClF4NO. The summed E-state index contributed by atoms with van der Waals surface area (Å²) in [7, 11) is 0. The fourth-order valence-electron chi connectivity index (χ4n) is 0.764. The number of hydrogen-bond donors (Lipinski definition) is 0. The third-order valence-electron chi connectivity index (χ3n) is 1.18. The van der Waals surface area contributed by atoms with Crippen molar-refractivity contribution in [1.82, 2.24) is 4.98 Å². The van der Waals surface area contributed by atoms with E-state index in [1.807, 2.05) is 0 Å². The highest BCUT2D eigenvalue weighted by Gasteiger charge is 2.32. The molecule has 0 aromatic carbocycles. The van der Waals surface area contributed by atoms with E-state index in [1.165, 1.54) is 0 Å². The van der Waals surface area contributed by atoms with Crippen molar-refractivity contribution in [3.8, 4) is 5.88 Å². The molecule has 78 valence electrons. The normalized spacial score (nSPS) is 11.5. The molecule has 1 rings (SSSR count). The largest absolute Gasteiger partial charge is 0.574 e. The molecule has 0 N–H and O–H groups in total. The van der Waals surface area contributed by atoms with Gasteiger partial charge in [-0.3, -0.25) is 0 Å². The smallest absolute Gasteiger partial charge is 0.388 e. The molecule has 7 heteroatoms. The van der Waals surface area contributed by atoms with Crippen molar-refractivity contribution in [1.29, 1.82) is 0 Å². The van der Waals surface area contributed by atoms with E-state index in [1.54, 1.807) is 0 Å². The number of hydrogen-bond acceptors (Lipinski definition) is 2. The molecule has 0 saturated carbocycles. The lowest BCUT2D eigenvalue weighted by Gasteiger charge is -2.08. The molecule has 2 nitrogen and oxygen atoms in total. The Kier molecular flexibility index (Phi) is 3.15. The van der Waals surface area contributed by atoms with Crippen LogP contribution in [-0.4, -0.2) is 11.3 Å². The quantitative estimate of drug-likeness (QED) is 0.727. The van der Waals surface area contributed by atoms with Crippen LogP contribution >= 0.6 is 11.6 Å². The van der Waals surface area contributed by atoms with E-state index in [4.69, 9.17) is 11.6 Å². The molecule has 1 aromatic heterocycles. The minimum atomic E-state index is -4.86. The van der Waals surface area contributed by atoms with Crippen LogP contribution in [0.3, 0.4) is 0 Å². The van der Waals surface area contributed by atoms with Crippen LogP contribution in [0.2, 0.25) is 5.02 Å². The number of aromatic nitrogens is 1. The number of pyridine rings is 1. The Morgan fingerprint density at radius 2 is 2.00 bits per heavy atom. The van der Waals surface area contributed by atoms with E-state index in [2.05, 4.69) is 9.72 Å². The SMILES string of the molecule is FCc1cc(Cl)cc(OC(F)(F)F)n1. The van der Waals surface area contributed by atoms with Crippen LogP contribution in [0.1, 0.15) is 5.69 Å².